The molecule has 0 saturated carbocycles. The van der Waals surface area contributed by atoms with Crippen molar-refractivity contribution in [2.24, 2.45) is 0 Å². The lowest BCUT2D eigenvalue weighted by atomic mass is 10.3. The molecule has 5 nitrogen and oxygen atoms in total. The molecule has 0 unspecified atom stereocenters. The number of rotatable bonds is 6. The van der Waals surface area contributed by atoms with Crippen molar-refractivity contribution < 1.29 is 8.42 Å². The Morgan fingerprint density at radius 1 is 1.26 bits per heavy atom. The van der Waals surface area contributed by atoms with Crippen LogP contribution in [0, 0.1) is 0 Å². The molecule has 7 heteroatoms. The summed E-state index contributed by atoms with van der Waals surface area (Å²) in [6, 6.07) is 6.62. The standard InChI is InChI=1S/C12H15N3O2S2/c1-13-10-2-4-11(5-3-10)19(16,17)15-7-6-12-14-8-9-18-12/h2-5,8-9,13,15H,6-7H2,1H3. The van der Waals surface area contributed by atoms with E-state index in [1.165, 1.54) is 11.3 Å². The summed E-state index contributed by atoms with van der Waals surface area (Å²) in [6.45, 7) is 0.351. The smallest absolute Gasteiger partial charge is 0.240 e. The van der Waals surface area contributed by atoms with Gasteiger partial charge in [0.25, 0.3) is 0 Å². The van der Waals surface area contributed by atoms with Crippen LogP contribution in [0.25, 0.3) is 0 Å². The van der Waals surface area contributed by atoms with Gasteiger partial charge in [-0.1, -0.05) is 0 Å². The minimum absolute atomic E-state index is 0.269. The maximum atomic E-state index is 12.0. The van der Waals surface area contributed by atoms with Crippen molar-refractivity contribution in [3.63, 3.8) is 0 Å². The molecule has 0 aliphatic rings. The van der Waals surface area contributed by atoms with Gasteiger partial charge in [0, 0.05) is 37.3 Å². The maximum Gasteiger partial charge on any atom is 0.240 e. The SMILES string of the molecule is CNc1ccc(S(=O)(=O)NCCc2nccs2)cc1. The van der Waals surface area contributed by atoms with Crippen LogP contribution in [0.5, 0.6) is 0 Å². The van der Waals surface area contributed by atoms with Gasteiger partial charge in [-0.3, -0.25) is 0 Å². The molecule has 1 aromatic carbocycles. The van der Waals surface area contributed by atoms with Gasteiger partial charge in [-0.05, 0) is 24.3 Å². The third-order valence-corrected chi connectivity index (χ3v) is 4.88. The van der Waals surface area contributed by atoms with E-state index >= 15 is 0 Å². The van der Waals surface area contributed by atoms with Crippen molar-refractivity contribution in [3.05, 3.63) is 40.8 Å². The van der Waals surface area contributed by atoms with Gasteiger partial charge in [0.1, 0.15) is 0 Å². The van der Waals surface area contributed by atoms with Crippen molar-refractivity contribution in [2.75, 3.05) is 18.9 Å². The summed E-state index contributed by atoms with van der Waals surface area (Å²) in [6.07, 6.45) is 2.32. The van der Waals surface area contributed by atoms with Crippen LogP contribution in [-0.4, -0.2) is 27.0 Å². The molecular weight excluding hydrogens is 282 g/mol. The van der Waals surface area contributed by atoms with Gasteiger partial charge >= 0.3 is 0 Å². The summed E-state index contributed by atoms with van der Waals surface area (Å²) in [4.78, 5) is 4.38. The van der Waals surface area contributed by atoms with E-state index in [0.29, 0.717) is 13.0 Å². The molecule has 0 spiro atoms. The summed E-state index contributed by atoms with van der Waals surface area (Å²) in [7, 11) is -1.65. The number of benzene rings is 1. The van der Waals surface area contributed by atoms with Crippen LogP contribution >= 0.6 is 11.3 Å². The topological polar surface area (TPSA) is 71.1 Å². The van der Waals surface area contributed by atoms with Gasteiger partial charge in [-0.25, -0.2) is 18.1 Å². The van der Waals surface area contributed by atoms with Crippen LogP contribution in [0.2, 0.25) is 0 Å². The monoisotopic (exact) mass is 297 g/mol. The molecule has 0 bridgehead atoms. The quantitative estimate of drug-likeness (QED) is 0.851. The van der Waals surface area contributed by atoms with E-state index in [2.05, 4.69) is 15.0 Å². The van der Waals surface area contributed by atoms with Crippen LogP contribution in [0.1, 0.15) is 5.01 Å². The highest BCUT2D eigenvalue weighted by Crippen LogP contribution is 2.13. The molecule has 1 aromatic heterocycles. The second-order valence-electron chi connectivity index (χ2n) is 3.85. The number of nitrogens with one attached hydrogen (secondary N) is 2. The van der Waals surface area contributed by atoms with Crippen molar-refractivity contribution in [3.8, 4) is 0 Å². The lowest BCUT2D eigenvalue weighted by molar-refractivity contribution is 0.581. The fourth-order valence-corrected chi connectivity index (χ4v) is 3.21. The Hall–Kier alpha value is -1.44. The summed E-state index contributed by atoms with van der Waals surface area (Å²) >= 11 is 1.52. The second-order valence-corrected chi connectivity index (χ2v) is 6.59. The number of nitrogens with zero attached hydrogens (tertiary/aromatic N) is 1. The fourth-order valence-electron chi connectivity index (χ4n) is 1.55. The molecule has 0 fully saturated rings. The van der Waals surface area contributed by atoms with E-state index in [1.807, 2.05) is 5.38 Å². The summed E-state index contributed by atoms with van der Waals surface area (Å²) in [5.41, 5.74) is 0.877. The first-order chi connectivity index (χ1) is 9.12. The van der Waals surface area contributed by atoms with Crippen LogP contribution in [0.4, 0.5) is 5.69 Å². The Labute approximate surface area is 116 Å². The van der Waals surface area contributed by atoms with E-state index < -0.39 is 10.0 Å². The first-order valence-electron chi connectivity index (χ1n) is 5.78. The molecule has 0 atom stereocenters. The molecular formula is C12H15N3O2S2. The molecule has 0 aliphatic heterocycles. The Bertz CT molecular complexity index is 607. The number of thiazole rings is 1. The lowest BCUT2D eigenvalue weighted by Crippen LogP contribution is -2.25. The predicted octanol–water partition coefficient (Wildman–Crippen LogP) is 1.71. The predicted molar refractivity (Wildman–Crippen MR) is 77.0 cm³/mol. The minimum Gasteiger partial charge on any atom is -0.388 e. The normalized spacial score (nSPS) is 11.4. The average Bonchev–Trinajstić information content (AvgIpc) is 2.92. The molecule has 0 saturated heterocycles. The van der Waals surface area contributed by atoms with E-state index in [9.17, 15) is 8.42 Å². The van der Waals surface area contributed by atoms with Gasteiger partial charge in [0.05, 0.1) is 9.90 Å². The maximum absolute atomic E-state index is 12.0. The summed E-state index contributed by atoms with van der Waals surface area (Å²) in [5, 5.41) is 5.74. The Morgan fingerprint density at radius 2 is 2.00 bits per heavy atom. The third-order valence-electron chi connectivity index (χ3n) is 2.57. The van der Waals surface area contributed by atoms with Crippen LogP contribution in [-0.2, 0) is 16.4 Å². The summed E-state index contributed by atoms with van der Waals surface area (Å²) in [5.74, 6) is 0. The molecule has 0 radical (unpaired) electrons. The molecule has 0 aliphatic carbocycles. The van der Waals surface area contributed by atoms with Crippen molar-refractivity contribution >= 4 is 27.0 Å². The first-order valence-corrected chi connectivity index (χ1v) is 8.14. The highest BCUT2D eigenvalue weighted by Gasteiger charge is 2.13. The number of aromatic nitrogens is 1. The number of sulfonamides is 1. The van der Waals surface area contributed by atoms with Crippen molar-refractivity contribution in [2.45, 2.75) is 11.3 Å². The number of hydrogen-bond donors (Lipinski definition) is 2. The Kier molecular flexibility index (Phi) is 4.52. The number of hydrogen-bond acceptors (Lipinski definition) is 5. The van der Waals surface area contributed by atoms with E-state index in [1.54, 1.807) is 37.5 Å². The minimum atomic E-state index is -3.44. The highest BCUT2D eigenvalue weighted by molar-refractivity contribution is 7.89. The second kappa shape index (κ2) is 6.14. The van der Waals surface area contributed by atoms with Gasteiger partial charge in [-0.2, -0.15) is 0 Å². The van der Waals surface area contributed by atoms with Gasteiger partial charge < -0.3 is 5.32 Å². The molecule has 0 amide bonds. The molecule has 19 heavy (non-hydrogen) atoms. The zero-order valence-corrected chi connectivity index (χ0v) is 12.1. The molecule has 102 valence electrons. The Balaban J connectivity index is 1.97. The molecule has 1 heterocycles. The van der Waals surface area contributed by atoms with Crippen molar-refractivity contribution in [1.29, 1.82) is 0 Å². The average molecular weight is 297 g/mol. The van der Waals surface area contributed by atoms with Gasteiger partial charge in [0.2, 0.25) is 10.0 Å². The molecule has 2 N–H and O–H groups in total. The van der Waals surface area contributed by atoms with E-state index in [-0.39, 0.29) is 4.90 Å². The largest absolute Gasteiger partial charge is 0.388 e. The Morgan fingerprint density at radius 3 is 2.58 bits per heavy atom. The van der Waals surface area contributed by atoms with Gasteiger partial charge in [-0.15, -0.1) is 11.3 Å². The van der Waals surface area contributed by atoms with E-state index in [0.717, 1.165) is 10.7 Å². The molecule has 2 aromatic rings. The highest BCUT2D eigenvalue weighted by atomic mass is 32.2. The van der Waals surface area contributed by atoms with Gasteiger partial charge in [0.15, 0.2) is 0 Å². The van der Waals surface area contributed by atoms with Crippen molar-refractivity contribution in [1.82, 2.24) is 9.71 Å². The summed E-state index contributed by atoms with van der Waals surface area (Å²) < 4.78 is 26.6. The van der Waals surface area contributed by atoms with E-state index in [4.69, 9.17) is 0 Å². The van der Waals surface area contributed by atoms with Crippen LogP contribution in [0.15, 0.2) is 40.7 Å². The molecule has 2 rings (SSSR count). The van der Waals surface area contributed by atoms with Crippen LogP contribution in [0.3, 0.4) is 0 Å². The third kappa shape index (κ3) is 3.76. The first kappa shape index (κ1) is 14.0. The zero-order chi connectivity index (χ0) is 13.7. The fraction of sp³-hybridized carbons (Fsp3) is 0.250. The van der Waals surface area contributed by atoms with Crippen LogP contribution < -0.4 is 10.0 Å². The zero-order valence-electron chi connectivity index (χ0n) is 10.5. The number of anilines is 1. The lowest BCUT2D eigenvalue weighted by Gasteiger charge is -2.07.